The van der Waals surface area contributed by atoms with E-state index in [4.69, 9.17) is 0 Å². The van der Waals surface area contributed by atoms with Crippen LogP contribution in [0.4, 0.5) is 0 Å². The summed E-state index contributed by atoms with van der Waals surface area (Å²) in [6, 6.07) is 0. The smallest absolute Gasteiger partial charge is 0.876 e. The van der Waals surface area contributed by atoms with Crippen molar-refractivity contribution in [1.29, 1.82) is 0 Å². The van der Waals surface area contributed by atoms with Gasteiger partial charge in [-0.3, -0.25) is 9.59 Å². The van der Waals surface area contributed by atoms with Gasteiger partial charge < -0.3 is 15.7 Å². The van der Waals surface area contributed by atoms with Gasteiger partial charge in [0.25, 0.3) is 0 Å². The summed E-state index contributed by atoms with van der Waals surface area (Å²) in [7, 11) is 0. The molecule has 0 amide bonds. The van der Waals surface area contributed by atoms with Gasteiger partial charge in [-0.15, -0.1) is 11.5 Å². The quantitative estimate of drug-likeness (QED) is 0.358. The first-order chi connectivity index (χ1) is 6.25. The van der Waals surface area contributed by atoms with Crippen LogP contribution in [0.3, 0.4) is 0 Å². The second-order valence-electron chi connectivity index (χ2n) is 2.73. The van der Waals surface area contributed by atoms with Crippen LogP contribution in [0.2, 0.25) is 0 Å². The third-order valence-electron chi connectivity index (χ3n) is 0.813. The first kappa shape index (κ1) is 24.2. The van der Waals surface area contributed by atoms with Crippen molar-refractivity contribution in [3.05, 3.63) is 23.7 Å². The van der Waals surface area contributed by atoms with Crippen LogP contribution in [-0.2, 0) is 26.7 Å². The van der Waals surface area contributed by atoms with E-state index in [2.05, 4.69) is 0 Å². The molecule has 93 valence electrons. The van der Waals surface area contributed by atoms with Crippen LogP contribution < -0.4 is 10.2 Å². The largest absolute Gasteiger partial charge is 2.00 e. The first-order valence-corrected chi connectivity index (χ1v) is 3.97. The van der Waals surface area contributed by atoms with E-state index in [-0.39, 0.29) is 45.6 Å². The summed E-state index contributed by atoms with van der Waals surface area (Å²) < 4.78 is 0. The molecule has 0 aromatic rings. The Morgan fingerprint density at radius 1 is 0.812 bits per heavy atom. The normalized spacial score (nSPS) is 10.0. The molecule has 0 saturated carbocycles. The number of hydrogen-bond acceptors (Lipinski definition) is 4. The number of rotatable bonds is 2. The van der Waals surface area contributed by atoms with E-state index >= 15 is 0 Å². The van der Waals surface area contributed by atoms with Gasteiger partial charge in [-0.05, 0) is 26.0 Å². The molecule has 0 aliphatic carbocycles. The van der Waals surface area contributed by atoms with Gasteiger partial charge >= 0.3 is 17.1 Å². The number of allylic oxidation sites excluding steroid dienone is 4. The molecule has 0 atom stereocenters. The van der Waals surface area contributed by atoms with Gasteiger partial charge in [-0.25, -0.2) is 0 Å². The molecular formula is C10H16MnO5. The predicted octanol–water partition coefficient (Wildman–Crippen LogP) is -1.15. The summed E-state index contributed by atoms with van der Waals surface area (Å²) >= 11 is 0. The van der Waals surface area contributed by atoms with Crippen molar-refractivity contribution < 1.29 is 42.3 Å². The van der Waals surface area contributed by atoms with Gasteiger partial charge in [0.2, 0.25) is 0 Å². The Morgan fingerprint density at radius 2 is 1.00 bits per heavy atom. The van der Waals surface area contributed by atoms with Gasteiger partial charge in [0.05, 0.1) is 0 Å². The Labute approximate surface area is 106 Å². The van der Waals surface area contributed by atoms with E-state index < -0.39 is 0 Å². The second kappa shape index (κ2) is 13.9. The van der Waals surface area contributed by atoms with Crippen molar-refractivity contribution >= 4 is 11.6 Å². The van der Waals surface area contributed by atoms with Crippen LogP contribution in [0.15, 0.2) is 23.7 Å². The summed E-state index contributed by atoms with van der Waals surface area (Å²) in [5.41, 5.74) is 0. The zero-order valence-electron chi connectivity index (χ0n) is 9.67. The summed E-state index contributed by atoms with van der Waals surface area (Å²) in [6.07, 6.45) is 2.11. The van der Waals surface area contributed by atoms with E-state index in [1.54, 1.807) is 0 Å². The topological polar surface area (TPSA) is 112 Å². The van der Waals surface area contributed by atoms with E-state index in [1.807, 2.05) is 0 Å². The minimum atomic E-state index is -0.187. The molecule has 0 fully saturated rings. The molecule has 0 aliphatic rings. The van der Waals surface area contributed by atoms with Crippen LogP contribution in [0.1, 0.15) is 27.7 Å². The van der Waals surface area contributed by atoms with Crippen LogP contribution in [0, 0.1) is 0 Å². The summed E-state index contributed by atoms with van der Waals surface area (Å²) in [5.74, 6) is -0.750. The number of carbonyl (C=O) groups excluding carboxylic acids is 2. The standard InChI is InChI=1S/2C5H8O2.Mn.H2O/c2*1-4(6)3-5(2)7;;/h2*3,6H,1-2H3;;1H2/q;;+2;/p-2/b2*4-3-;;. The molecule has 1 radical (unpaired) electrons. The van der Waals surface area contributed by atoms with Gasteiger partial charge in [-0.1, -0.05) is 13.8 Å². The second-order valence-corrected chi connectivity index (χ2v) is 2.73. The van der Waals surface area contributed by atoms with Crippen LogP contribution in [0.25, 0.3) is 0 Å². The molecule has 0 unspecified atom stereocenters. The Kier molecular flexibility index (Phi) is 21.0. The Bertz CT molecular complexity index is 232. The number of ketones is 2. The molecule has 0 heterocycles. The van der Waals surface area contributed by atoms with Crippen molar-refractivity contribution in [3.63, 3.8) is 0 Å². The molecule has 6 heteroatoms. The van der Waals surface area contributed by atoms with Crippen molar-refractivity contribution in [2.24, 2.45) is 0 Å². The summed E-state index contributed by atoms with van der Waals surface area (Å²) in [5, 5.41) is 20.0. The van der Waals surface area contributed by atoms with Gasteiger partial charge in [0.1, 0.15) is 0 Å². The van der Waals surface area contributed by atoms with Crippen LogP contribution >= 0.6 is 0 Å². The molecule has 16 heavy (non-hydrogen) atoms. The third-order valence-corrected chi connectivity index (χ3v) is 0.813. The number of carbonyl (C=O) groups is 2. The summed E-state index contributed by atoms with van der Waals surface area (Å²) in [6.45, 7) is 5.39. The zero-order chi connectivity index (χ0) is 11.7. The van der Waals surface area contributed by atoms with E-state index in [9.17, 15) is 19.8 Å². The molecule has 0 saturated heterocycles. The SMILES string of the molecule is CC(=O)/C=C(/C)[O-].CC(=O)/C=C(/C)[O-].O.[Mn+2]. The van der Waals surface area contributed by atoms with Crippen molar-refractivity contribution in [2.75, 3.05) is 0 Å². The Morgan fingerprint density at radius 3 is 1.00 bits per heavy atom. The predicted molar refractivity (Wildman–Crippen MR) is 52.5 cm³/mol. The fourth-order valence-corrected chi connectivity index (χ4v) is 0.572. The molecule has 0 rings (SSSR count). The monoisotopic (exact) mass is 271 g/mol. The minimum Gasteiger partial charge on any atom is -0.876 e. The van der Waals surface area contributed by atoms with Gasteiger partial charge in [0.15, 0.2) is 11.6 Å². The maximum absolute atomic E-state index is 9.98. The average Bonchev–Trinajstić information content (AvgIpc) is 1.79. The first-order valence-electron chi connectivity index (χ1n) is 3.97. The molecule has 0 aromatic heterocycles. The van der Waals surface area contributed by atoms with Gasteiger partial charge in [-0.2, -0.15) is 0 Å². The minimum absolute atomic E-state index is 0. The maximum Gasteiger partial charge on any atom is 2.00 e. The fourth-order valence-electron chi connectivity index (χ4n) is 0.572. The average molecular weight is 271 g/mol. The van der Waals surface area contributed by atoms with Crippen molar-refractivity contribution in [3.8, 4) is 0 Å². The molecule has 0 aliphatic heterocycles. The fraction of sp³-hybridized carbons (Fsp3) is 0.400. The van der Waals surface area contributed by atoms with E-state index in [0.29, 0.717) is 0 Å². The molecular weight excluding hydrogens is 255 g/mol. The van der Waals surface area contributed by atoms with Crippen LogP contribution in [-0.4, -0.2) is 17.0 Å². The zero-order valence-corrected chi connectivity index (χ0v) is 10.8. The Balaban J connectivity index is -0.0000000800. The Hall–Kier alpha value is -1.10. The van der Waals surface area contributed by atoms with Crippen LogP contribution in [0.5, 0.6) is 0 Å². The van der Waals surface area contributed by atoms with E-state index in [0.717, 1.165) is 12.2 Å². The molecule has 5 nitrogen and oxygen atoms in total. The number of hydrogen-bond donors (Lipinski definition) is 0. The molecule has 0 spiro atoms. The van der Waals surface area contributed by atoms with Crippen molar-refractivity contribution in [1.82, 2.24) is 0 Å². The molecule has 0 bridgehead atoms. The third kappa shape index (κ3) is 38.4. The van der Waals surface area contributed by atoms with Gasteiger partial charge in [0, 0.05) is 0 Å². The van der Waals surface area contributed by atoms with E-state index in [1.165, 1.54) is 27.7 Å². The molecule has 2 N–H and O–H groups in total. The maximum atomic E-state index is 9.98. The molecule has 0 aromatic carbocycles. The van der Waals surface area contributed by atoms with Crippen molar-refractivity contribution in [2.45, 2.75) is 27.7 Å². The summed E-state index contributed by atoms with van der Waals surface area (Å²) in [4.78, 5) is 20.0.